The number of nitrogens with two attached hydrogens (primary N) is 1. The summed E-state index contributed by atoms with van der Waals surface area (Å²) in [6.45, 7) is 8.20. The lowest BCUT2D eigenvalue weighted by Crippen LogP contribution is -2.55. The van der Waals surface area contributed by atoms with Crippen molar-refractivity contribution in [2.24, 2.45) is 4.99 Å². The van der Waals surface area contributed by atoms with E-state index in [4.69, 9.17) is 10.5 Å². The molecule has 10 nitrogen and oxygen atoms in total. The van der Waals surface area contributed by atoms with Crippen molar-refractivity contribution in [3.05, 3.63) is 77.5 Å². The van der Waals surface area contributed by atoms with Gasteiger partial charge in [0.15, 0.2) is 0 Å². The zero-order valence-electron chi connectivity index (χ0n) is 20.0. The Kier molecular flexibility index (Phi) is 6.80. The molecule has 2 aromatic carbocycles. The Morgan fingerprint density at radius 2 is 2.00 bits per heavy atom. The smallest absolute Gasteiger partial charge is 0.272 e. The molecule has 3 N–H and O–H groups in total. The van der Waals surface area contributed by atoms with Gasteiger partial charge in [0.05, 0.1) is 22.7 Å². The summed E-state index contributed by atoms with van der Waals surface area (Å²) < 4.78 is 6.19. The van der Waals surface area contributed by atoms with Crippen molar-refractivity contribution in [3.63, 3.8) is 0 Å². The zero-order valence-corrected chi connectivity index (χ0v) is 20.0. The van der Waals surface area contributed by atoms with Crippen LogP contribution in [0, 0.1) is 0 Å². The molecule has 0 saturated carbocycles. The lowest BCUT2D eigenvalue weighted by atomic mass is 10.00. The van der Waals surface area contributed by atoms with Gasteiger partial charge < -0.3 is 20.7 Å². The maximum atomic E-state index is 13.2. The molecule has 1 saturated heterocycles. The van der Waals surface area contributed by atoms with Crippen LogP contribution in [0.4, 0.5) is 5.69 Å². The predicted octanol–water partition coefficient (Wildman–Crippen LogP) is 1.65. The molecule has 36 heavy (non-hydrogen) atoms. The second-order valence-electron chi connectivity index (χ2n) is 8.30. The first-order valence-electron chi connectivity index (χ1n) is 11.1. The van der Waals surface area contributed by atoms with Crippen LogP contribution >= 0.6 is 0 Å². The zero-order chi connectivity index (χ0) is 26.0. The molecule has 2 heterocycles. The number of fused-ring (bicyclic) bond motifs is 1. The summed E-state index contributed by atoms with van der Waals surface area (Å²) in [5.74, 6) is -1.16. The van der Waals surface area contributed by atoms with E-state index in [0.717, 1.165) is 15.7 Å². The van der Waals surface area contributed by atoms with Crippen LogP contribution in [-0.4, -0.2) is 65.8 Å². The Hall–Kier alpha value is -4.57. The van der Waals surface area contributed by atoms with Crippen molar-refractivity contribution in [1.29, 1.82) is 0 Å². The van der Waals surface area contributed by atoms with Crippen LogP contribution in [0.1, 0.15) is 5.56 Å². The molecule has 0 radical (unpaired) electrons. The molecule has 2 amide bonds. The number of carbonyl (C=O) groups excluding carboxylic acids is 2. The van der Waals surface area contributed by atoms with Crippen molar-refractivity contribution < 1.29 is 14.3 Å². The summed E-state index contributed by atoms with van der Waals surface area (Å²) >= 11 is 0. The van der Waals surface area contributed by atoms with Gasteiger partial charge in [0.25, 0.3) is 17.4 Å². The molecule has 10 heteroatoms. The molecule has 1 aliphatic rings. The fraction of sp³-hybridized carbons (Fsp3) is 0.192. The molecule has 0 aliphatic carbocycles. The van der Waals surface area contributed by atoms with Crippen LogP contribution in [0.2, 0.25) is 0 Å². The molecule has 1 aliphatic heterocycles. The van der Waals surface area contributed by atoms with Crippen LogP contribution < -0.4 is 16.6 Å². The Bertz CT molecular complexity index is 1480. The third-order valence-electron chi connectivity index (χ3n) is 6.00. The van der Waals surface area contributed by atoms with Crippen LogP contribution in [0.25, 0.3) is 27.7 Å². The molecule has 0 bridgehead atoms. The summed E-state index contributed by atoms with van der Waals surface area (Å²) in [5, 5.41) is 2.71. The average molecular weight is 487 g/mol. The fourth-order valence-corrected chi connectivity index (χ4v) is 3.89. The predicted molar refractivity (Wildman–Crippen MR) is 139 cm³/mol. The minimum absolute atomic E-state index is 0.0286. The van der Waals surface area contributed by atoms with Crippen LogP contribution in [-0.2, 0) is 14.3 Å². The number of anilines is 1. The second-order valence-corrected chi connectivity index (χ2v) is 8.30. The third kappa shape index (κ3) is 4.53. The number of aliphatic imine (C=N–C) groups is 1. The van der Waals surface area contributed by atoms with E-state index in [9.17, 15) is 14.4 Å². The topological polar surface area (TPSA) is 132 Å². The Morgan fingerprint density at radius 3 is 2.67 bits per heavy atom. The first-order valence-corrected chi connectivity index (χ1v) is 11.1. The summed E-state index contributed by atoms with van der Waals surface area (Å²) in [4.78, 5) is 48.3. The van der Waals surface area contributed by atoms with Crippen LogP contribution in [0.5, 0.6) is 0 Å². The maximum absolute atomic E-state index is 13.2. The molecule has 0 unspecified atom stereocenters. The quantitative estimate of drug-likeness (QED) is 0.297. The van der Waals surface area contributed by atoms with Gasteiger partial charge in [0.1, 0.15) is 12.0 Å². The summed E-state index contributed by atoms with van der Waals surface area (Å²) in [6, 6.07) is 10.7. The van der Waals surface area contributed by atoms with E-state index in [1.165, 1.54) is 11.2 Å². The number of methoxy groups -OCH3 is 1. The molecular weight excluding hydrogens is 460 g/mol. The molecule has 184 valence electrons. The summed E-state index contributed by atoms with van der Waals surface area (Å²) in [5.41, 5.74) is 8.63. The van der Waals surface area contributed by atoms with E-state index in [1.54, 1.807) is 38.6 Å². The molecule has 0 atom stereocenters. The number of hydrogen-bond acceptors (Lipinski definition) is 7. The highest BCUT2D eigenvalue weighted by atomic mass is 16.5. The lowest BCUT2D eigenvalue weighted by molar-refractivity contribution is -0.139. The van der Waals surface area contributed by atoms with Crippen molar-refractivity contribution >= 4 is 40.3 Å². The highest BCUT2D eigenvalue weighted by molar-refractivity contribution is 6.15. The van der Waals surface area contributed by atoms with Gasteiger partial charge in [-0.25, -0.2) is 4.98 Å². The first kappa shape index (κ1) is 24.6. The summed E-state index contributed by atoms with van der Waals surface area (Å²) in [7, 11) is 3.23. The van der Waals surface area contributed by atoms with E-state index < -0.39 is 17.4 Å². The number of nitrogens with zero attached hydrogens (tertiary/aromatic N) is 4. The molecule has 4 rings (SSSR count). The number of para-hydroxylation sites is 1. The molecule has 0 spiro atoms. The minimum Gasteiger partial charge on any atom is -0.398 e. The normalized spacial score (nSPS) is 13.6. The Balaban J connectivity index is 1.58. The number of aromatic nitrogens is 2. The first-order chi connectivity index (χ1) is 17.2. The van der Waals surface area contributed by atoms with Gasteiger partial charge >= 0.3 is 0 Å². The molecule has 3 aromatic rings. The number of likely N-dealkylation sites (tertiary alicyclic amines) is 1. The van der Waals surface area contributed by atoms with Crippen molar-refractivity contribution in [1.82, 2.24) is 19.8 Å². The van der Waals surface area contributed by atoms with Crippen molar-refractivity contribution in [2.45, 2.75) is 6.10 Å². The molecule has 1 fully saturated rings. The van der Waals surface area contributed by atoms with E-state index in [-0.39, 0.29) is 17.5 Å². The Morgan fingerprint density at radius 1 is 1.25 bits per heavy atom. The lowest BCUT2D eigenvalue weighted by Gasteiger charge is -2.38. The van der Waals surface area contributed by atoms with Gasteiger partial charge in [0, 0.05) is 50.3 Å². The number of nitrogens with one attached hydrogen (secondary N) is 1. The highest BCUT2D eigenvalue weighted by Crippen LogP contribution is 2.28. The number of hydrogen-bond donors (Lipinski definition) is 2. The van der Waals surface area contributed by atoms with Crippen LogP contribution in [0.15, 0.2) is 71.4 Å². The number of nitrogen functional groups attached to an aromatic ring is 1. The molecule has 1 aromatic heterocycles. The number of amides is 2. The minimum atomic E-state index is -0.738. The highest BCUT2D eigenvalue weighted by Gasteiger charge is 2.32. The second kappa shape index (κ2) is 9.96. The number of rotatable bonds is 7. The van der Waals surface area contributed by atoms with E-state index in [2.05, 4.69) is 28.5 Å². The SMILES string of the molecule is C=C(NC(=O)C(=C)n1cnc2c(-c3ccc(C=NC)c(N)c3)cccc2c1=O)C(=O)N1CC(OC)C1. The third-order valence-corrected chi connectivity index (χ3v) is 6.00. The van der Waals surface area contributed by atoms with Gasteiger partial charge in [-0.3, -0.25) is 23.9 Å². The van der Waals surface area contributed by atoms with Gasteiger partial charge in [-0.2, -0.15) is 0 Å². The van der Waals surface area contributed by atoms with Crippen molar-refractivity contribution in [2.75, 3.05) is 33.0 Å². The maximum Gasteiger partial charge on any atom is 0.272 e. The number of ether oxygens (including phenoxy) is 1. The summed E-state index contributed by atoms with van der Waals surface area (Å²) in [6.07, 6.45) is 2.87. The molecular formula is C26H26N6O4. The van der Waals surface area contributed by atoms with E-state index in [0.29, 0.717) is 35.2 Å². The van der Waals surface area contributed by atoms with E-state index >= 15 is 0 Å². The van der Waals surface area contributed by atoms with E-state index in [1.807, 2.05) is 18.2 Å². The Labute approximate surface area is 207 Å². The van der Waals surface area contributed by atoms with Gasteiger partial charge in [-0.1, -0.05) is 37.4 Å². The monoisotopic (exact) mass is 486 g/mol. The fourth-order valence-electron chi connectivity index (χ4n) is 3.89. The average Bonchev–Trinajstić information content (AvgIpc) is 2.84. The van der Waals surface area contributed by atoms with Gasteiger partial charge in [-0.15, -0.1) is 0 Å². The van der Waals surface area contributed by atoms with Gasteiger partial charge in [-0.05, 0) is 17.7 Å². The standard InChI is InChI=1S/C26H26N6O4/c1-15(25(34)31-12-19(13-31)36-4)30-24(33)16(2)32-14-29-23-20(6-5-7-21(23)26(32)35)17-8-9-18(11-28-3)22(27)10-17/h5-11,14,19H,1-2,12-13,27H2,3-4H3,(H,30,33). The number of benzene rings is 2. The largest absolute Gasteiger partial charge is 0.398 e. The van der Waals surface area contributed by atoms with Gasteiger partial charge in [0.2, 0.25) is 0 Å². The van der Waals surface area contributed by atoms with Crippen molar-refractivity contribution in [3.8, 4) is 11.1 Å². The number of carbonyl (C=O) groups is 2. The van der Waals surface area contributed by atoms with Crippen LogP contribution in [0.3, 0.4) is 0 Å².